The Kier molecular flexibility index (Phi) is 4.19. The van der Waals surface area contributed by atoms with E-state index in [0.29, 0.717) is 12.6 Å². The predicted molar refractivity (Wildman–Crippen MR) is 85.2 cm³/mol. The summed E-state index contributed by atoms with van der Waals surface area (Å²) in [5.74, 6) is -0.248. The summed E-state index contributed by atoms with van der Waals surface area (Å²) < 4.78 is 1.24. The molecule has 0 saturated carbocycles. The van der Waals surface area contributed by atoms with Gasteiger partial charge in [0.05, 0.1) is 22.8 Å². The summed E-state index contributed by atoms with van der Waals surface area (Å²) in [5, 5.41) is 1.17. The summed E-state index contributed by atoms with van der Waals surface area (Å²) in [5.41, 5.74) is 6.33. The van der Waals surface area contributed by atoms with Crippen LogP contribution in [0.2, 0.25) is 0 Å². The van der Waals surface area contributed by atoms with Crippen molar-refractivity contribution < 1.29 is 4.79 Å². The van der Waals surface area contributed by atoms with Crippen molar-refractivity contribution in [1.29, 1.82) is 0 Å². The Labute approximate surface area is 128 Å². The summed E-state index contributed by atoms with van der Waals surface area (Å²) in [6.45, 7) is 6.25. The Morgan fingerprint density at radius 1 is 1.33 bits per heavy atom. The molecule has 0 radical (unpaired) electrons. The van der Waals surface area contributed by atoms with Crippen molar-refractivity contribution in [1.82, 2.24) is 14.8 Å². The summed E-state index contributed by atoms with van der Waals surface area (Å²) in [6, 6.07) is 8.58. The summed E-state index contributed by atoms with van der Waals surface area (Å²) in [6.07, 6.45) is 0. The van der Waals surface area contributed by atoms with Gasteiger partial charge < -0.3 is 5.73 Å². The molecule has 0 unspecified atom stereocenters. The second-order valence-electron chi connectivity index (χ2n) is 5.47. The van der Waals surface area contributed by atoms with Crippen molar-refractivity contribution in [2.24, 2.45) is 5.73 Å². The van der Waals surface area contributed by atoms with Crippen LogP contribution in [0.15, 0.2) is 24.3 Å². The minimum atomic E-state index is -0.248. The molecule has 0 aliphatic carbocycles. The largest absolute Gasteiger partial charge is 0.369 e. The van der Waals surface area contributed by atoms with Crippen LogP contribution >= 0.6 is 11.3 Å². The van der Waals surface area contributed by atoms with Crippen LogP contribution < -0.4 is 5.73 Å². The molecule has 1 fully saturated rings. The second-order valence-corrected chi connectivity index (χ2v) is 6.54. The van der Waals surface area contributed by atoms with Gasteiger partial charge in [0, 0.05) is 26.2 Å². The number of fused-ring (bicyclic) bond motifs is 1. The smallest absolute Gasteiger partial charge is 0.231 e. The molecule has 1 saturated heterocycles. The van der Waals surface area contributed by atoms with Gasteiger partial charge in [0.25, 0.3) is 0 Å². The highest BCUT2D eigenvalue weighted by molar-refractivity contribution is 7.18. The molecule has 2 N–H and O–H groups in total. The molecular formula is C15H20N4OS. The number of hydrogen-bond acceptors (Lipinski definition) is 5. The van der Waals surface area contributed by atoms with Crippen LogP contribution in [0, 0.1) is 0 Å². The molecule has 21 heavy (non-hydrogen) atoms. The highest BCUT2D eigenvalue weighted by Gasteiger charge is 2.24. The lowest BCUT2D eigenvalue weighted by molar-refractivity contribution is -0.119. The number of para-hydroxylation sites is 1. The molecule has 2 aromatic rings. The molecule has 0 bridgehead atoms. The number of nitrogens with zero attached hydrogens (tertiary/aromatic N) is 3. The number of carbonyl (C=O) groups is 1. The van der Waals surface area contributed by atoms with Gasteiger partial charge >= 0.3 is 0 Å². The number of nitrogens with two attached hydrogens (primary N) is 1. The number of aromatic nitrogens is 1. The van der Waals surface area contributed by atoms with Crippen molar-refractivity contribution in [2.75, 3.05) is 32.7 Å². The van der Waals surface area contributed by atoms with Crippen molar-refractivity contribution in [3.8, 4) is 0 Å². The van der Waals surface area contributed by atoms with Crippen molar-refractivity contribution in [2.45, 2.75) is 13.0 Å². The van der Waals surface area contributed by atoms with E-state index in [4.69, 9.17) is 10.7 Å². The molecule has 1 aliphatic rings. The van der Waals surface area contributed by atoms with E-state index >= 15 is 0 Å². The molecule has 0 spiro atoms. The molecule has 112 valence electrons. The number of rotatable bonds is 4. The van der Waals surface area contributed by atoms with Crippen LogP contribution in [0.25, 0.3) is 10.2 Å². The maximum atomic E-state index is 11.0. The lowest BCUT2D eigenvalue weighted by atomic mass is 10.2. The molecule has 1 aromatic heterocycles. The van der Waals surface area contributed by atoms with E-state index in [1.54, 1.807) is 11.3 Å². The summed E-state index contributed by atoms with van der Waals surface area (Å²) in [7, 11) is 0. The van der Waals surface area contributed by atoms with E-state index in [-0.39, 0.29) is 5.91 Å². The summed E-state index contributed by atoms with van der Waals surface area (Å²) in [4.78, 5) is 20.2. The third-order valence-electron chi connectivity index (χ3n) is 4.00. The number of benzene rings is 1. The number of primary amides is 1. The normalized spacial score (nSPS) is 18.9. The van der Waals surface area contributed by atoms with Crippen LogP contribution in [-0.2, 0) is 4.79 Å². The van der Waals surface area contributed by atoms with Gasteiger partial charge in [-0.25, -0.2) is 4.98 Å². The number of hydrogen-bond donors (Lipinski definition) is 1. The van der Waals surface area contributed by atoms with E-state index in [2.05, 4.69) is 34.9 Å². The van der Waals surface area contributed by atoms with Crippen molar-refractivity contribution in [3.63, 3.8) is 0 Å². The molecule has 1 aliphatic heterocycles. The van der Waals surface area contributed by atoms with E-state index in [1.807, 2.05) is 6.07 Å². The highest BCUT2D eigenvalue weighted by Crippen LogP contribution is 2.29. The van der Waals surface area contributed by atoms with Crippen LogP contribution in [0.4, 0.5) is 0 Å². The van der Waals surface area contributed by atoms with Crippen molar-refractivity contribution >= 4 is 27.5 Å². The first-order chi connectivity index (χ1) is 10.1. The van der Waals surface area contributed by atoms with E-state index in [9.17, 15) is 4.79 Å². The molecular weight excluding hydrogens is 284 g/mol. The van der Waals surface area contributed by atoms with Gasteiger partial charge in [-0.1, -0.05) is 12.1 Å². The lowest BCUT2D eigenvalue weighted by Crippen LogP contribution is -2.49. The Hall–Kier alpha value is -1.50. The molecule has 5 nitrogen and oxygen atoms in total. The first-order valence-corrected chi connectivity index (χ1v) is 8.05. The minimum absolute atomic E-state index is 0.248. The van der Waals surface area contributed by atoms with Gasteiger partial charge in [-0.2, -0.15) is 0 Å². The van der Waals surface area contributed by atoms with Crippen LogP contribution in [0.5, 0.6) is 0 Å². The zero-order valence-electron chi connectivity index (χ0n) is 12.2. The third kappa shape index (κ3) is 3.23. The molecule has 2 heterocycles. The van der Waals surface area contributed by atoms with Gasteiger partial charge in [0.1, 0.15) is 5.01 Å². The van der Waals surface area contributed by atoms with E-state index in [0.717, 1.165) is 31.7 Å². The second kappa shape index (κ2) is 6.09. The Morgan fingerprint density at radius 3 is 2.71 bits per heavy atom. The standard InChI is InChI=1S/C15H20N4OS/c1-11(15-17-12-4-2-3-5-13(12)21-15)19-8-6-18(7-9-19)10-14(16)20/h2-5,11H,6-10H2,1H3,(H2,16,20)/t11-/m1/s1. The number of piperazine rings is 1. The maximum absolute atomic E-state index is 11.0. The first kappa shape index (κ1) is 14.4. The third-order valence-corrected chi connectivity index (χ3v) is 5.21. The van der Waals surface area contributed by atoms with Gasteiger partial charge in [0.15, 0.2) is 0 Å². The average Bonchev–Trinajstić information content (AvgIpc) is 2.90. The zero-order chi connectivity index (χ0) is 14.8. The average molecular weight is 304 g/mol. The number of amides is 1. The Morgan fingerprint density at radius 2 is 2.05 bits per heavy atom. The molecule has 3 rings (SSSR count). The SMILES string of the molecule is C[C@H](c1nc2ccccc2s1)N1CCN(CC(N)=O)CC1. The first-order valence-electron chi connectivity index (χ1n) is 7.23. The molecule has 1 amide bonds. The van der Waals surface area contributed by atoms with Gasteiger partial charge in [0.2, 0.25) is 5.91 Å². The Bertz CT molecular complexity index is 600. The summed E-state index contributed by atoms with van der Waals surface area (Å²) >= 11 is 1.77. The topological polar surface area (TPSA) is 62.5 Å². The fourth-order valence-electron chi connectivity index (χ4n) is 2.75. The quantitative estimate of drug-likeness (QED) is 0.929. The van der Waals surface area contributed by atoms with Gasteiger partial charge in [-0.05, 0) is 19.1 Å². The number of thiazole rings is 1. The van der Waals surface area contributed by atoms with Crippen molar-refractivity contribution in [3.05, 3.63) is 29.3 Å². The number of carbonyl (C=O) groups excluding carboxylic acids is 1. The fraction of sp³-hybridized carbons (Fsp3) is 0.467. The highest BCUT2D eigenvalue weighted by atomic mass is 32.1. The van der Waals surface area contributed by atoms with E-state index < -0.39 is 0 Å². The Balaban J connectivity index is 1.66. The molecule has 1 aromatic carbocycles. The van der Waals surface area contributed by atoms with Gasteiger partial charge in [-0.3, -0.25) is 14.6 Å². The minimum Gasteiger partial charge on any atom is -0.369 e. The molecule has 1 atom stereocenters. The van der Waals surface area contributed by atoms with Gasteiger partial charge in [-0.15, -0.1) is 11.3 Å². The maximum Gasteiger partial charge on any atom is 0.231 e. The van der Waals surface area contributed by atoms with Crippen LogP contribution in [0.3, 0.4) is 0 Å². The lowest BCUT2D eigenvalue weighted by Gasteiger charge is -2.36. The molecule has 6 heteroatoms. The van der Waals surface area contributed by atoms with E-state index in [1.165, 1.54) is 9.71 Å². The van der Waals surface area contributed by atoms with Crippen LogP contribution in [-0.4, -0.2) is 53.4 Å². The van der Waals surface area contributed by atoms with Crippen LogP contribution in [0.1, 0.15) is 18.0 Å². The zero-order valence-corrected chi connectivity index (χ0v) is 13.0. The fourth-order valence-corrected chi connectivity index (χ4v) is 3.81. The monoisotopic (exact) mass is 304 g/mol. The predicted octanol–water partition coefficient (Wildman–Crippen LogP) is 1.46.